The van der Waals surface area contributed by atoms with Crippen molar-refractivity contribution in [3.05, 3.63) is 52.7 Å². The first-order valence-electron chi connectivity index (χ1n) is 10.7. The van der Waals surface area contributed by atoms with E-state index in [-0.39, 0.29) is 23.6 Å². The highest BCUT2D eigenvalue weighted by atomic mass is 19.4. The van der Waals surface area contributed by atoms with E-state index in [1.54, 1.807) is 13.0 Å². The first-order valence-corrected chi connectivity index (χ1v) is 10.7. The molecule has 0 spiro atoms. The first kappa shape index (κ1) is 24.5. The van der Waals surface area contributed by atoms with Gasteiger partial charge in [0, 0.05) is 30.9 Å². The monoisotopic (exact) mass is 465 g/mol. The molecule has 1 aliphatic rings. The number of alkyl halides is 3. The van der Waals surface area contributed by atoms with Crippen LogP contribution in [0.5, 0.6) is 0 Å². The second-order valence-corrected chi connectivity index (χ2v) is 8.45. The van der Waals surface area contributed by atoms with Crippen LogP contribution in [0.4, 0.5) is 29.1 Å². The van der Waals surface area contributed by atoms with Gasteiger partial charge in [0.05, 0.1) is 11.5 Å². The van der Waals surface area contributed by atoms with Gasteiger partial charge < -0.3 is 16.0 Å². The molecule has 0 aliphatic carbocycles. The third kappa shape index (κ3) is 5.80. The normalized spacial score (nSPS) is 15.9. The zero-order valence-electron chi connectivity index (χ0n) is 18.5. The van der Waals surface area contributed by atoms with Crippen LogP contribution in [0.15, 0.2) is 30.3 Å². The van der Waals surface area contributed by atoms with Crippen molar-refractivity contribution in [1.29, 1.82) is 5.41 Å². The maximum Gasteiger partial charge on any atom is 0.433 e. The van der Waals surface area contributed by atoms with Gasteiger partial charge in [0.15, 0.2) is 0 Å². The van der Waals surface area contributed by atoms with Crippen LogP contribution >= 0.6 is 0 Å². The molecule has 1 fully saturated rings. The second kappa shape index (κ2) is 9.76. The molecule has 0 radical (unpaired) electrons. The number of pyridine rings is 1. The molecule has 178 valence electrons. The van der Waals surface area contributed by atoms with E-state index in [1.165, 1.54) is 18.2 Å². The maximum absolute atomic E-state index is 13.4. The molecule has 2 heterocycles. The van der Waals surface area contributed by atoms with Gasteiger partial charge in [0.1, 0.15) is 11.5 Å². The number of piperidine rings is 1. The number of nitrogens with zero attached hydrogens (tertiary/aromatic N) is 2. The fourth-order valence-corrected chi connectivity index (χ4v) is 3.79. The molecule has 1 amide bonds. The van der Waals surface area contributed by atoms with E-state index in [9.17, 15) is 22.4 Å². The van der Waals surface area contributed by atoms with Crippen LogP contribution in [0.25, 0.3) is 0 Å². The summed E-state index contributed by atoms with van der Waals surface area (Å²) in [7, 11) is 0. The van der Waals surface area contributed by atoms with Crippen molar-refractivity contribution in [2.24, 2.45) is 5.92 Å². The zero-order valence-corrected chi connectivity index (χ0v) is 18.5. The predicted molar refractivity (Wildman–Crippen MR) is 119 cm³/mol. The summed E-state index contributed by atoms with van der Waals surface area (Å²) in [6.45, 7) is 4.90. The van der Waals surface area contributed by atoms with Crippen molar-refractivity contribution in [1.82, 2.24) is 10.3 Å². The Morgan fingerprint density at radius 3 is 2.55 bits per heavy atom. The summed E-state index contributed by atoms with van der Waals surface area (Å²) in [5.41, 5.74) is 5.65. The standard InChI is InChI=1S/C23H27F4N5O/c1-13-7-9-32(10-8-13)21-16(4-6-19(31-21)23(25,26)27)12-30-22(33)14(2)15-3-5-18(28)17(11-15)20(24)29/h3-6,11,13-14,29H,7-10,12,28H2,1-2H3,(H,30,33). The van der Waals surface area contributed by atoms with E-state index >= 15 is 0 Å². The van der Waals surface area contributed by atoms with E-state index in [2.05, 4.69) is 17.2 Å². The fourth-order valence-electron chi connectivity index (χ4n) is 3.79. The number of carbonyl (C=O) groups excluding carboxylic acids is 1. The van der Waals surface area contributed by atoms with Crippen molar-refractivity contribution in [3.63, 3.8) is 0 Å². The average Bonchev–Trinajstić information content (AvgIpc) is 2.77. The van der Waals surface area contributed by atoms with Crippen LogP contribution in [-0.4, -0.2) is 29.9 Å². The Morgan fingerprint density at radius 1 is 1.27 bits per heavy atom. The van der Waals surface area contributed by atoms with Crippen molar-refractivity contribution < 1.29 is 22.4 Å². The van der Waals surface area contributed by atoms with Crippen LogP contribution in [0, 0.1) is 11.3 Å². The molecule has 1 unspecified atom stereocenters. The molecule has 1 aromatic heterocycles. The maximum atomic E-state index is 13.4. The number of nitrogens with one attached hydrogen (secondary N) is 2. The number of halogens is 4. The highest BCUT2D eigenvalue weighted by molar-refractivity contribution is 5.96. The van der Waals surface area contributed by atoms with Gasteiger partial charge in [0.2, 0.25) is 11.9 Å². The molecule has 1 aromatic carbocycles. The van der Waals surface area contributed by atoms with E-state index in [4.69, 9.17) is 11.1 Å². The lowest BCUT2D eigenvalue weighted by atomic mass is 9.97. The number of aromatic nitrogens is 1. The average molecular weight is 465 g/mol. The van der Waals surface area contributed by atoms with Crippen LogP contribution in [0.3, 0.4) is 0 Å². The van der Waals surface area contributed by atoms with Gasteiger partial charge in [-0.15, -0.1) is 0 Å². The molecule has 4 N–H and O–H groups in total. The summed E-state index contributed by atoms with van der Waals surface area (Å²) in [5, 5.41) is 9.91. The molecule has 2 aromatic rings. The van der Waals surface area contributed by atoms with Gasteiger partial charge in [-0.3, -0.25) is 10.2 Å². The molecule has 3 rings (SSSR count). The Hall–Kier alpha value is -3.17. The molecule has 1 aliphatic heterocycles. The van der Waals surface area contributed by atoms with Crippen molar-refractivity contribution in [2.45, 2.75) is 45.3 Å². The highest BCUT2D eigenvalue weighted by Gasteiger charge is 2.34. The molecule has 1 saturated heterocycles. The smallest absolute Gasteiger partial charge is 0.398 e. The molecule has 0 bridgehead atoms. The predicted octanol–water partition coefficient (Wildman–Crippen LogP) is 4.63. The van der Waals surface area contributed by atoms with Gasteiger partial charge in [-0.25, -0.2) is 4.98 Å². The quantitative estimate of drug-likeness (QED) is 0.329. The number of rotatable bonds is 6. The minimum atomic E-state index is -4.56. The van der Waals surface area contributed by atoms with E-state index in [0.717, 1.165) is 18.9 Å². The zero-order chi connectivity index (χ0) is 24.3. The summed E-state index contributed by atoms with van der Waals surface area (Å²) in [6.07, 6.45) is -2.86. The lowest BCUT2D eigenvalue weighted by Gasteiger charge is -2.33. The van der Waals surface area contributed by atoms with Crippen LogP contribution in [-0.2, 0) is 17.5 Å². The van der Waals surface area contributed by atoms with E-state index in [0.29, 0.717) is 30.1 Å². The SMILES string of the molecule is CC1CCN(c2nc(C(F)(F)F)ccc2CNC(=O)C(C)c2ccc(N)c(C(=N)F)c2)CC1. The molecule has 1 atom stereocenters. The summed E-state index contributed by atoms with van der Waals surface area (Å²) < 4.78 is 53.1. The van der Waals surface area contributed by atoms with Crippen molar-refractivity contribution in [3.8, 4) is 0 Å². The van der Waals surface area contributed by atoms with Crippen molar-refractivity contribution in [2.75, 3.05) is 23.7 Å². The largest absolute Gasteiger partial charge is 0.433 e. The summed E-state index contributed by atoms with van der Waals surface area (Å²) >= 11 is 0. The number of carbonyl (C=O) groups is 1. The minimum absolute atomic E-state index is 0.00351. The van der Waals surface area contributed by atoms with Crippen LogP contribution < -0.4 is 16.0 Å². The number of nitrogen functional groups attached to an aromatic ring is 1. The Balaban J connectivity index is 1.79. The lowest BCUT2D eigenvalue weighted by molar-refractivity contribution is -0.141. The van der Waals surface area contributed by atoms with E-state index in [1.807, 2.05) is 4.90 Å². The number of anilines is 2. The second-order valence-electron chi connectivity index (χ2n) is 8.45. The third-order valence-electron chi connectivity index (χ3n) is 5.99. The molecule has 0 saturated carbocycles. The lowest BCUT2D eigenvalue weighted by Crippen LogP contribution is -2.35. The van der Waals surface area contributed by atoms with Gasteiger partial charge >= 0.3 is 6.18 Å². The topological polar surface area (TPSA) is 95.1 Å². The Morgan fingerprint density at radius 2 is 1.94 bits per heavy atom. The highest BCUT2D eigenvalue weighted by Crippen LogP contribution is 2.32. The molecule has 33 heavy (non-hydrogen) atoms. The van der Waals surface area contributed by atoms with Gasteiger partial charge in [-0.2, -0.15) is 17.6 Å². The van der Waals surface area contributed by atoms with Crippen LogP contribution in [0.1, 0.15) is 55.0 Å². The first-order chi connectivity index (χ1) is 15.5. The molecule has 10 heteroatoms. The Bertz CT molecular complexity index is 1030. The minimum Gasteiger partial charge on any atom is -0.398 e. The number of benzene rings is 1. The summed E-state index contributed by atoms with van der Waals surface area (Å²) in [4.78, 5) is 18.5. The summed E-state index contributed by atoms with van der Waals surface area (Å²) in [5.74, 6) is -1.56. The van der Waals surface area contributed by atoms with E-state index < -0.39 is 29.7 Å². The summed E-state index contributed by atoms with van der Waals surface area (Å²) in [6, 6.07) is 6.62. The van der Waals surface area contributed by atoms with Gasteiger partial charge in [0.25, 0.3) is 0 Å². The number of hydrogen-bond acceptors (Lipinski definition) is 5. The molecular weight excluding hydrogens is 438 g/mol. The van der Waals surface area contributed by atoms with Gasteiger partial charge in [-0.05, 0) is 49.4 Å². The van der Waals surface area contributed by atoms with Gasteiger partial charge in [-0.1, -0.05) is 19.1 Å². The Labute approximate surface area is 189 Å². The number of hydrogen-bond donors (Lipinski definition) is 3. The van der Waals surface area contributed by atoms with Crippen LogP contribution in [0.2, 0.25) is 0 Å². The molecular formula is C23H27F4N5O. The third-order valence-corrected chi connectivity index (χ3v) is 5.99. The number of amides is 1. The number of nitrogens with two attached hydrogens (primary N) is 1. The Kier molecular flexibility index (Phi) is 7.24. The fraction of sp³-hybridized carbons (Fsp3) is 0.435. The molecule has 6 nitrogen and oxygen atoms in total. The van der Waals surface area contributed by atoms with Crippen molar-refractivity contribution >= 4 is 23.4 Å².